The van der Waals surface area contributed by atoms with Crippen molar-refractivity contribution >= 4 is 22.3 Å². The number of hydrogen-bond acceptors (Lipinski definition) is 6. The first-order valence-corrected chi connectivity index (χ1v) is 8.78. The molecular formula is C20H22N6. The summed E-state index contributed by atoms with van der Waals surface area (Å²) in [5.41, 5.74) is 18.1. The van der Waals surface area contributed by atoms with Crippen molar-refractivity contribution < 1.29 is 0 Å². The average molecular weight is 346 g/mol. The molecule has 6 nitrogen and oxygen atoms in total. The summed E-state index contributed by atoms with van der Waals surface area (Å²) in [5, 5.41) is 4.57. The number of aromatic nitrogens is 3. The van der Waals surface area contributed by atoms with Gasteiger partial charge in [0.1, 0.15) is 12.1 Å². The number of para-hydroxylation sites is 1. The number of fused-ring (bicyclic) bond motifs is 1. The van der Waals surface area contributed by atoms with Gasteiger partial charge in [-0.2, -0.15) is 0 Å². The molecule has 3 aromatic rings. The largest absolute Gasteiger partial charge is 0.386 e. The Bertz CT molecular complexity index is 964. The molecule has 0 unspecified atom stereocenters. The van der Waals surface area contributed by atoms with Crippen molar-refractivity contribution in [2.75, 3.05) is 12.3 Å². The molecule has 0 amide bonds. The lowest BCUT2D eigenvalue weighted by Gasteiger charge is -2.26. The zero-order valence-corrected chi connectivity index (χ0v) is 14.7. The molecule has 3 heterocycles. The molecular weight excluding hydrogens is 324 g/mol. The monoisotopic (exact) mass is 346 g/mol. The van der Waals surface area contributed by atoms with E-state index in [9.17, 15) is 0 Å². The Morgan fingerprint density at radius 1 is 1.19 bits per heavy atom. The molecule has 4 rings (SSSR count). The van der Waals surface area contributed by atoms with Gasteiger partial charge in [0.05, 0.1) is 11.2 Å². The van der Waals surface area contributed by atoms with E-state index in [1.165, 1.54) is 6.33 Å². The van der Waals surface area contributed by atoms with Gasteiger partial charge in [-0.1, -0.05) is 18.2 Å². The van der Waals surface area contributed by atoms with Crippen molar-refractivity contribution in [1.29, 1.82) is 0 Å². The molecule has 0 spiro atoms. The quantitative estimate of drug-likeness (QED) is 0.658. The summed E-state index contributed by atoms with van der Waals surface area (Å²) in [4.78, 5) is 13.2. The minimum absolute atomic E-state index is 0.167. The summed E-state index contributed by atoms with van der Waals surface area (Å²) in [7, 11) is 0. The van der Waals surface area contributed by atoms with Crippen molar-refractivity contribution in [2.24, 2.45) is 5.73 Å². The van der Waals surface area contributed by atoms with E-state index >= 15 is 0 Å². The lowest BCUT2D eigenvalue weighted by atomic mass is 9.91. The molecule has 0 saturated carbocycles. The number of rotatable bonds is 2. The second-order valence-electron chi connectivity index (χ2n) is 6.67. The zero-order chi connectivity index (χ0) is 18.1. The van der Waals surface area contributed by atoms with Crippen LogP contribution in [0, 0.1) is 6.92 Å². The third-order valence-corrected chi connectivity index (χ3v) is 4.84. The van der Waals surface area contributed by atoms with Gasteiger partial charge in [0, 0.05) is 46.6 Å². The summed E-state index contributed by atoms with van der Waals surface area (Å²) in [6.45, 7) is 2.70. The van der Waals surface area contributed by atoms with Crippen LogP contribution in [-0.2, 0) is 0 Å². The fraction of sp³-hybridized carbons (Fsp3) is 0.250. The molecule has 0 aliphatic carbocycles. The van der Waals surface area contributed by atoms with Crippen molar-refractivity contribution in [3.63, 3.8) is 0 Å². The van der Waals surface area contributed by atoms with Gasteiger partial charge in [0.15, 0.2) is 0 Å². The second kappa shape index (κ2) is 6.72. The van der Waals surface area contributed by atoms with Crippen LogP contribution < -0.4 is 16.8 Å². The molecule has 1 aromatic carbocycles. The second-order valence-corrected chi connectivity index (χ2v) is 6.67. The van der Waals surface area contributed by atoms with E-state index in [1.807, 2.05) is 31.3 Å². The summed E-state index contributed by atoms with van der Waals surface area (Å²) >= 11 is 0. The van der Waals surface area contributed by atoms with Crippen LogP contribution in [0.4, 0.5) is 5.82 Å². The number of benzene rings is 1. The number of nitrogen functional groups attached to an aromatic ring is 1. The van der Waals surface area contributed by atoms with Crippen LogP contribution in [0.1, 0.15) is 29.7 Å². The van der Waals surface area contributed by atoms with Crippen LogP contribution in [0.25, 0.3) is 16.5 Å². The van der Waals surface area contributed by atoms with E-state index in [4.69, 9.17) is 11.5 Å². The van der Waals surface area contributed by atoms with E-state index in [0.717, 1.165) is 58.4 Å². The Labute approximate surface area is 152 Å². The fourth-order valence-electron chi connectivity index (χ4n) is 3.47. The number of aryl methyl sites for hydroxylation is 1. The lowest BCUT2D eigenvalue weighted by Crippen LogP contribution is -2.38. The molecule has 0 bridgehead atoms. The normalized spacial score (nSPS) is 19.2. The highest BCUT2D eigenvalue weighted by Crippen LogP contribution is 2.34. The molecule has 132 valence electrons. The van der Waals surface area contributed by atoms with Gasteiger partial charge in [-0.25, -0.2) is 9.97 Å². The Hall–Kier alpha value is -2.99. The first-order valence-electron chi connectivity index (χ1n) is 8.78. The highest BCUT2D eigenvalue weighted by Gasteiger charge is 2.22. The summed E-state index contributed by atoms with van der Waals surface area (Å²) in [5.74, 6) is 0.477. The van der Waals surface area contributed by atoms with Gasteiger partial charge in [-0.05, 0) is 31.9 Å². The third-order valence-electron chi connectivity index (χ3n) is 4.84. The summed E-state index contributed by atoms with van der Waals surface area (Å²) < 4.78 is 0. The van der Waals surface area contributed by atoms with Crippen LogP contribution >= 0.6 is 0 Å². The maximum atomic E-state index is 6.25. The van der Waals surface area contributed by atoms with Gasteiger partial charge < -0.3 is 16.8 Å². The van der Waals surface area contributed by atoms with Crippen molar-refractivity contribution in [2.45, 2.75) is 25.8 Å². The number of allylic oxidation sites excluding steroid dienone is 1. The number of anilines is 1. The molecule has 1 fully saturated rings. The minimum Gasteiger partial charge on any atom is -0.386 e. The number of hydrogen-bond donors (Lipinski definition) is 3. The maximum absolute atomic E-state index is 6.25. The predicted octanol–water partition coefficient (Wildman–Crippen LogP) is 2.39. The van der Waals surface area contributed by atoms with Crippen molar-refractivity contribution in [3.05, 3.63) is 65.4 Å². The van der Waals surface area contributed by atoms with Crippen LogP contribution in [0.15, 0.2) is 48.6 Å². The van der Waals surface area contributed by atoms with Gasteiger partial charge in [0.2, 0.25) is 0 Å². The number of nitrogens with one attached hydrogen (secondary N) is 1. The fourth-order valence-corrected chi connectivity index (χ4v) is 3.47. The molecule has 2 aromatic heterocycles. The Morgan fingerprint density at radius 2 is 2.04 bits per heavy atom. The molecule has 6 heteroatoms. The standard InChI is InChI=1S/C20H22N6/c1-12-18(20(22)26-11-25-12)19(17-7-6-15(21)10-24-17)14-8-13-4-2-3-5-16(13)23-9-14/h2-5,8-9,11,15,24H,6-7,10,21H2,1H3,(H2,22,25,26)/b19-17-/t15-/m1/s1. The smallest absolute Gasteiger partial charge is 0.135 e. The van der Waals surface area contributed by atoms with Gasteiger partial charge >= 0.3 is 0 Å². The van der Waals surface area contributed by atoms with Gasteiger partial charge in [0.25, 0.3) is 0 Å². The SMILES string of the molecule is Cc1ncnc(N)c1/C(=C1/CC[C@@H](N)CN1)c1cnc2ccccc2c1. The average Bonchev–Trinajstić information content (AvgIpc) is 2.65. The molecule has 1 atom stereocenters. The lowest BCUT2D eigenvalue weighted by molar-refractivity contribution is 0.512. The summed E-state index contributed by atoms with van der Waals surface area (Å²) in [6, 6.07) is 10.4. The van der Waals surface area contributed by atoms with E-state index < -0.39 is 0 Å². The van der Waals surface area contributed by atoms with E-state index in [0.29, 0.717) is 5.82 Å². The molecule has 26 heavy (non-hydrogen) atoms. The Morgan fingerprint density at radius 3 is 2.81 bits per heavy atom. The van der Waals surface area contributed by atoms with Crippen LogP contribution in [-0.4, -0.2) is 27.5 Å². The van der Waals surface area contributed by atoms with Crippen LogP contribution in [0.5, 0.6) is 0 Å². The highest BCUT2D eigenvalue weighted by atomic mass is 15.0. The molecule has 1 aliphatic rings. The molecule has 5 N–H and O–H groups in total. The topological polar surface area (TPSA) is 103 Å². The molecule has 1 aliphatic heterocycles. The predicted molar refractivity (Wildman–Crippen MR) is 104 cm³/mol. The van der Waals surface area contributed by atoms with E-state index in [-0.39, 0.29) is 6.04 Å². The van der Waals surface area contributed by atoms with E-state index in [2.05, 4.69) is 32.4 Å². The maximum Gasteiger partial charge on any atom is 0.135 e. The highest BCUT2D eigenvalue weighted by molar-refractivity contribution is 5.91. The number of pyridine rings is 1. The van der Waals surface area contributed by atoms with Gasteiger partial charge in [-0.15, -0.1) is 0 Å². The minimum atomic E-state index is 0.167. The summed E-state index contributed by atoms with van der Waals surface area (Å²) in [6.07, 6.45) is 5.18. The first-order chi connectivity index (χ1) is 12.6. The Kier molecular flexibility index (Phi) is 4.26. The number of nitrogens with zero attached hydrogens (tertiary/aromatic N) is 3. The first kappa shape index (κ1) is 16.5. The Balaban J connectivity index is 1.94. The number of nitrogens with two attached hydrogens (primary N) is 2. The zero-order valence-electron chi connectivity index (χ0n) is 14.7. The third kappa shape index (κ3) is 2.99. The number of piperidine rings is 1. The van der Waals surface area contributed by atoms with Crippen molar-refractivity contribution in [3.8, 4) is 0 Å². The molecule has 1 saturated heterocycles. The molecule has 0 radical (unpaired) electrons. The van der Waals surface area contributed by atoms with E-state index in [1.54, 1.807) is 0 Å². The van der Waals surface area contributed by atoms with Crippen LogP contribution in [0.2, 0.25) is 0 Å². The van der Waals surface area contributed by atoms with Crippen LogP contribution in [0.3, 0.4) is 0 Å². The van der Waals surface area contributed by atoms with Crippen molar-refractivity contribution in [1.82, 2.24) is 20.3 Å². The van der Waals surface area contributed by atoms with Gasteiger partial charge in [-0.3, -0.25) is 4.98 Å².